The zero-order chi connectivity index (χ0) is 14.8. The van der Waals surface area contributed by atoms with Crippen LogP contribution in [0.3, 0.4) is 0 Å². The number of rotatable bonds is 5. The minimum Gasteiger partial charge on any atom is -0.493 e. The summed E-state index contributed by atoms with van der Waals surface area (Å²) in [6, 6.07) is 2.66. The maximum absolute atomic E-state index is 11.0. The first kappa shape index (κ1) is 14.9. The summed E-state index contributed by atoms with van der Waals surface area (Å²) in [6.45, 7) is 0.121. The molecule has 0 heterocycles. The smallest absolute Gasteiger partial charge is 0.335 e. The zero-order valence-electron chi connectivity index (χ0n) is 11.2. The molecule has 1 aromatic rings. The molecule has 0 atom stereocenters. The van der Waals surface area contributed by atoms with E-state index >= 15 is 0 Å². The number of carbonyl (C=O) groups is 1. The van der Waals surface area contributed by atoms with Crippen LogP contribution >= 0.6 is 11.6 Å². The first-order valence-electron chi connectivity index (χ1n) is 6.41. The van der Waals surface area contributed by atoms with Crippen LogP contribution in [0.4, 0.5) is 0 Å². The van der Waals surface area contributed by atoms with Crippen molar-refractivity contribution in [3.63, 3.8) is 0 Å². The second-order valence-corrected chi connectivity index (χ2v) is 5.42. The van der Waals surface area contributed by atoms with Gasteiger partial charge < -0.3 is 19.7 Å². The van der Waals surface area contributed by atoms with E-state index in [1.165, 1.54) is 19.2 Å². The third-order valence-corrected chi connectivity index (χ3v) is 3.78. The molecule has 1 aliphatic rings. The molecule has 1 aromatic carbocycles. The molecule has 110 valence electrons. The summed E-state index contributed by atoms with van der Waals surface area (Å²) < 4.78 is 10.7. The number of aromatic carboxylic acids is 1. The Hall–Kier alpha value is -1.46. The number of hydrogen-bond donors (Lipinski definition) is 2. The van der Waals surface area contributed by atoms with Crippen LogP contribution in [0.2, 0.25) is 5.02 Å². The largest absolute Gasteiger partial charge is 0.493 e. The van der Waals surface area contributed by atoms with Gasteiger partial charge in [-0.15, -0.1) is 0 Å². The highest BCUT2D eigenvalue weighted by Crippen LogP contribution is 2.38. The maximum atomic E-state index is 11.0. The van der Waals surface area contributed by atoms with Gasteiger partial charge in [-0.2, -0.15) is 0 Å². The molecule has 0 amide bonds. The number of halogens is 1. The van der Waals surface area contributed by atoms with Crippen molar-refractivity contribution in [2.75, 3.05) is 13.7 Å². The molecule has 0 aromatic heterocycles. The Morgan fingerprint density at radius 1 is 1.40 bits per heavy atom. The molecule has 20 heavy (non-hydrogen) atoms. The van der Waals surface area contributed by atoms with Gasteiger partial charge in [-0.3, -0.25) is 0 Å². The van der Waals surface area contributed by atoms with Crippen LogP contribution in [-0.4, -0.2) is 35.5 Å². The summed E-state index contributed by atoms with van der Waals surface area (Å²) in [7, 11) is 1.41. The van der Waals surface area contributed by atoms with E-state index in [1.54, 1.807) is 0 Å². The van der Waals surface area contributed by atoms with Crippen LogP contribution in [0.5, 0.6) is 11.5 Å². The molecule has 0 spiro atoms. The highest BCUT2D eigenvalue weighted by molar-refractivity contribution is 6.32. The van der Waals surface area contributed by atoms with Gasteiger partial charge in [0.15, 0.2) is 11.5 Å². The van der Waals surface area contributed by atoms with Crippen LogP contribution in [0.25, 0.3) is 0 Å². The third kappa shape index (κ3) is 3.16. The van der Waals surface area contributed by atoms with Gasteiger partial charge in [0.05, 0.1) is 23.3 Å². The van der Waals surface area contributed by atoms with E-state index in [1.807, 2.05) is 0 Å². The molecule has 2 rings (SSSR count). The molecular formula is C14H17ClO5. The summed E-state index contributed by atoms with van der Waals surface area (Å²) in [4.78, 5) is 11.0. The fraction of sp³-hybridized carbons (Fsp3) is 0.500. The van der Waals surface area contributed by atoms with Crippen molar-refractivity contribution >= 4 is 17.6 Å². The summed E-state index contributed by atoms with van der Waals surface area (Å²) in [5.41, 5.74) is -0.807. The number of carboxylic acids is 1. The monoisotopic (exact) mass is 300 g/mol. The van der Waals surface area contributed by atoms with Crippen molar-refractivity contribution in [2.24, 2.45) is 0 Å². The Morgan fingerprint density at radius 2 is 2.05 bits per heavy atom. The lowest BCUT2D eigenvalue weighted by atomic mass is 10.0. The van der Waals surface area contributed by atoms with Crippen molar-refractivity contribution in [2.45, 2.75) is 31.3 Å². The minimum atomic E-state index is -1.09. The number of methoxy groups -OCH3 is 1. The standard InChI is InChI=1S/C14H17ClO5/c1-19-11-7-9(13(16)17)6-10(15)12(11)20-8-14(18)4-2-3-5-14/h6-7,18H,2-5,8H2,1H3,(H,16,17). The predicted molar refractivity (Wildman–Crippen MR) is 73.9 cm³/mol. The van der Waals surface area contributed by atoms with Crippen molar-refractivity contribution in [1.29, 1.82) is 0 Å². The van der Waals surface area contributed by atoms with Crippen molar-refractivity contribution < 1.29 is 24.5 Å². The molecule has 1 fully saturated rings. The Morgan fingerprint density at radius 3 is 2.60 bits per heavy atom. The lowest BCUT2D eigenvalue weighted by Crippen LogP contribution is -2.32. The number of benzene rings is 1. The van der Waals surface area contributed by atoms with Gasteiger partial charge in [0, 0.05) is 0 Å². The number of hydrogen-bond acceptors (Lipinski definition) is 4. The lowest BCUT2D eigenvalue weighted by Gasteiger charge is -2.23. The Kier molecular flexibility index (Phi) is 4.40. The van der Waals surface area contributed by atoms with Gasteiger partial charge in [0.1, 0.15) is 6.61 Å². The molecule has 0 bridgehead atoms. The molecule has 0 radical (unpaired) electrons. The topological polar surface area (TPSA) is 76.0 Å². The zero-order valence-corrected chi connectivity index (χ0v) is 11.9. The number of carboxylic acid groups (broad SMARTS) is 1. The number of ether oxygens (including phenoxy) is 2. The van der Waals surface area contributed by atoms with E-state index < -0.39 is 11.6 Å². The average Bonchev–Trinajstić information content (AvgIpc) is 2.83. The van der Waals surface area contributed by atoms with Gasteiger partial charge in [-0.25, -0.2) is 4.79 Å². The minimum absolute atomic E-state index is 0.0266. The summed E-state index contributed by atoms with van der Waals surface area (Å²) >= 11 is 6.04. The normalized spacial score (nSPS) is 16.9. The van der Waals surface area contributed by atoms with Crippen molar-refractivity contribution in [3.05, 3.63) is 22.7 Å². The van der Waals surface area contributed by atoms with E-state index in [2.05, 4.69) is 0 Å². The molecule has 2 N–H and O–H groups in total. The van der Waals surface area contributed by atoms with Crippen LogP contribution < -0.4 is 9.47 Å². The molecule has 5 nitrogen and oxygen atoms in total. The highest BCUT2D eigenvalue weighted by Gasteiger charge is 2.32. The van der Waals surface area contributed by atoms with E-state index in [9.17, 15) is 9.90 Å². The fourth-order valence-electron chi connectivity index (χ4n) is 2.37. The maximum Gasteiger partial charge on any atom is 0.335 e. The predicted octanol–water partition coefficient (Wildman–Crippen LogP) is 2.73. The van der Waals surface area contributed by atoms with Crippen LogP contribution in [-0.2, 0) is 0 Å². The summed E-state index contributed by atoms with van der Waals surface area (Å²) in [6.07, 6.45) is 3.34. The van der Waals surface area contributed by atoms with Gasteiger partial charge >= 0.3 is 5.97 Å². The Bertz CT molecular complexity index is 509. The van der Waals surface area contributed by atoms with Gasteiger partial charge in [-0.05, 0) is 25.0 Å². The molecule has 0 unspecified atom stereocenters. The van der Waals surface area contributed by atoms with Crippen LogP contribution in [0.15, 0.2) is 12.1 Å². The lowest BCUT2D eigenvalue weighted by molar-refractivity contribution is 0.000748. The quantitative estimate of drug-likeness (QED) is 0.874. The molecule has 1 aliphatic carbocycles. The Labute approximate surface area is 122 Å². The molecular weight excluding hydrogens is 284 g/mol. The average molecular weight is 301 g/mol. The van der Waals surface area contributed by atoms with Crippen molar-refractivity contribution in [3.8, 4) is 11.5 Å². The Balaban J connectivity index is 2.20. The third-order valence-electron chi connectivity index (χ3n) is 3.50. The van der Waals surface area contributed by atoms with E-state index in [4.69, 9.17) is 26.2 Å². The van der Waals surface area contributed by atoms with E-state index in [0.717, 1.165) is 12.8 Å². The summed E-state index contributed by atoms with van der Waals surface area (Å²) in [5, 5.41) is 19.4. The van der Waals surface area contributed by atoms with Crippen molar-refractivity contribution in [1.82, 2.24) is 0 Å². The van der Waals surface area contributed by atoms with Gasteiger partial charge in [0.25, 0.3) is 0 Å². The molecule has 0 saturated heterocycles. The van der Waals surface area contributed by atoms with E-state index in [0.29, 0.717) is 12.8 Å². The van der Waals surface area contributed by atoms with Gasteiger partial charge in [-0.1, -0.05) is 24.4 Å². The first-order valence-corrected chi connectivity index (χ1v) is 6.79. The summed E-state index contributed by atoms with van der Waals surface area (Å²) in [5.74, 6) is -0.581. The highest BCUT2D eigenvalue weighted by atomic mass is 35.5. The second kappa shape index (κ2) is 5.89. The molecule has 0 aliphatic heterocycles. The molecule has 1 saturated carbocycles. The van der Waals surface area contributed by atoms with Crippen LogP contribution in [0.1, 0.15) is 36.0 Å². The SMILES string of the molecule is COc1cc(C(=O)O)cc(Cl)c1OCC1(O)CCCC1. The van der Waals surface area contributed by atoms with Gasteiger partial charge in [0.2, 0.25) is 0 Å². The number of aliphatic hydroxyl groups is 1. The fourth-order valence-corrected chi connectivity index (χ4v) is 2.63. The first-order chi connectivity index (χ1) is 9.45. The second-order valence-electron chi connectivity index (χ2n) is 5.01. The van der Waals surface area contributed by atoms with Crippen LogP contribution in [0, 0.1) is 0 Å². The molecule has 6 heteroatoms. The van der Waals surface area contributed by atoms with E-state index in [-0.39, 0.29) is 28.7 Å².